The second-order valence-corrected chi connectivity index (χ2v) is 7.68. The van der Waals surface area contributed by atoms with Crippen molar-refractivity contribution in [2.75, 3.05) is 0 Å². The molecule has 1 aromatic carbocycles. The lowest BCUT2D eigenvalue weighted by molar-refractivity contribution is 0.120. The summed E-state index contributed by atoms with van der Waals surface area (Å²) in [6.07, 6.45) is 2.30. The predicted octanol–water partition coefficient (Wildman–Crippen LogP) is 2.68. The largest absolute Gasteiger partial charge is 0.393 e. The first-order chi connectivity index (χ1) is 8.88. The molecule has 4 nitrogen and oxygen atoms in total. The van der Waals surface area contributed by atoms with Gasteiger partial charge in [-0.1, -0.05) is 11.6 Å². The Morgan fingerprint density at radius 1 is 1.26 bits per heavy atom. The van der Waals surface area contributed by atoms with Gasteiger partial charge in [0.2, 0.25) is 10.0 Å². The molecule has 1 aliphatic rings. The van der Waals surface area contributed by atoms with Crippen LogP contribution in [0.4, 0.5) is 0 Å². The van der Waals surface area contributed by atoms with Crippen LogP contribution in [0.1, 0.15) is 25.7 Å². The van der Waals surface area contributed by atoms with Gasteiger partial charge < -0.3 is 5.11 Å². The normalized spacial score (nSPS) is 24.4. The number of sulfonamides is 1. The first-order valence-electron chi connectivity index (χ1n) is 6.04. The average molecular weight is 369 g/mol. The molecule has 7 heteroatoms. The number of benzene rings is 1. The highest BCUT2D eigenvalue weighted by atomic mass is 79.9. The zero-order valence-corrected chi connectivity index (χ0v) is 13.3. The predicted molar refractivity (Wildman–Crippen MR) is 77.7 cm³/mol. The molecule has 1 saturated carbocycles. The van der Waals surface area contributed by atoms with E-state index in [0.29, 0.717) is 35.2 Å². The molecule has 0 aliphatic heterocycles. The second kappa shape index (κ2) is 6.10. The van der Waals surface area contributed by atoms with Crippen LogP contribution >= 0.6 is 27.5 Å². The Labute approximate surface area is 126 Å². The summed E-state index contributed by atoms with van der Waals surface area (Å²) >= 11 is 9.06. The molecule has 0 unspecified atom stereocenters. The van der Waals surface area contributed by atoms with Gasteiger partial charge in [0.05, 0.1) is 16.0 Å². The Balaban J connectivity index is 2.11. The molecule has 19 heavy (non-hydrogen) atoms. The van der Waals surface area contributed by atoms with Gasteiger partial charge >= 0.3 is 0 Å². The minimum Gasteiger partial charge on any atom is -0.393 e. The van der Waals surface area contributed by atoms with Crippen molar-refractivity contribution >= 4 is 37.6 Å². The zero-order chi connectivity index (χ0) is 14.0. The van der Waals surface area contributed by atoms with Crippen LogP contribution in [0.2, 0.25) is 5.02 Å². The van der Waals surface area contributed by atoms with Crippen molar-refractivity contribution in [3.63, 3.8) is 0 Å². The van der Waals surface area contributed by atoms with Gasteiger partial charge in [0, 0.05) is 10.5 Å². The summed E-state index contributed by atoms with van der Waals surface area (Å²) in [6, 6.07) is 4.41. The standard InChI is InChI=1S/C12H15BrClNO3S/c13-11-7-10(5-6-12(11)14)19(17,18)15-8-1-3-9(16)4-2-8/h5-9,15-16H,1-4H2. The lowest BCUT2D eigenvalue weighted by atomic mass is 9.94. The van der Waals surface area contributed by atoms with Gasteiger partial charge in [-0.25, -0.2) is 13.1 Å². The molecule has 1 aliphatic carbocycles. The summed E-state index contributed by atoms with van der Waals surface area (Å²) in [7, 11) is -3.54. The molecular weight excluding hydrogens is 354 g/mol. The average Bonchev–Trinajstić information content (AvgIpc) is 2.35. The molecule has 2 rings (SSSR count). The number of halogens is 2. The number of hydrogen-bond acceptors (Lipinski definition) is 3. The van der Waals surface area contributed by atoms with E-state index in [1.807, 2.05) is 0 Å². The van der Waals surface area contributed by atoms with Gasteiger partial charge in [-0.2, -0.15) is 0 Å². The van der Waals surface area contributed by atoms with Crippen LogP contribution in [0.3, 0.4) is 0 Å². The minimum absolute atomic E-state index is 0.108. The molecule has 0 heterocycles. The lowest BCUT2D eigenvalue weighted by Crippen LogP contribution is -2.38. The molecule has 0 amide bonds. The first-order valence-corrected chi connectivity index (χ1v) is 8.69. The van der Waals surface area contributed by atoms with Gasteiger partial charge in [0.1, 0.15) is 0 Å². The van der Waals surface area contributed by atoms with E-state index in [-0.39, 0.29) is 17.0 Å². The summed E-state index contributed by atoms with van der Waals surface area (Å²) in [5.74, 6) is 0. The minimum atomic E-state index is -3.54. The van der Waals surface area contributed by atoms with Crippen molar-refractivity contribution in [1.29, 1.82) is 0 Å². The van der Waals surface area contributed by atoms with E-state index in [9.17, 15) is 13.5 Å². The molecule has 0 saturated heterocycles. The fourth-order valence-corrected chi connectivity index (χ4v) is 4.10. The third-order valence-corrected chi connectivity index (χ3v) is 5.95. The van der Waals surface area contributed by atoms with Gasteiger partial charge in [-0.15, -0.1) is 0 Å². The third kappa shape index (κ3) is 3.92. The second-order valence-electron chi connectivity index (χ2n) is 4.70. The van der Waals surface area contributed by atoms with Crippen LogP contribution in [-0.4, -0.2) is 25.7 Å². The molecule has 0 aromatic heterocycles. The van der Waals surface area contributed by atoms with E-state index in [1.165, 1.54) is 12.1 Å². The van der Waals surface area contributed by atoms with E-state index in [2.05, 4.69) is 20.7 Å². The van der Waals surface area contributed by atoms with Crippen LogP contribution in [0.25, 0.3) is 0 Å². The van der Waals surface area contributed by atoms with Crippen LogP contribution in [-0.2, 0) is 10.0 Å². The highest BCUT2D eigenvalue weighted by molar-refractivity contribution is 9.10. The molecule has 1 aromatic rings. The first kappa shape index (κ1) is 15.3. The molecule has 0 radical (unpaired) electrons. The fourth-order valence-electron chi connectivity index (χ4n) is 2.13. The van der Waals surface area contributed by atoms with Crippen molar-refractivity contribution in [1.82, 2.24) is 4.72 Å². The summed E-state index contributed by atoms with van der Waals surface area (Å²) < 4.78 is 27.6. The van der Waals surface area contributed by atoms with E-state index in [1.54, 1.807) is 6.07 Å². The van der Waals surface area contributed by atoms with Gasteiger partial charge in [-0.05, 0) is 59.8 Å². The number of rotatable bonds is 3. The van der Waals surface area contributed by atoms with Crippen molar-refractivity contribution < 1.29 is 13.5 Å². The van der Waals surface area contributed by atoms with E-state index in [0.717, 1.165) is 0 Å². The summed E-state index contributed by atoms with van der Waals surface area (Å²) in [5.41, 5.74) is 0. The SMILES string of the molecule is O=S(=O)(NC1CCC(O)CC1)c1ccc(Cl)c(Br)c1. The molecular formula is C12H15BrClNO3S. The number of aliphatic hydroxyl groups excluding tert-OH is 1. The van der Waals surface area contributed by atoms with Crippen LogP contribution in [0.15, 0.2) is 27.6 Å². The Morgan fingerprint density at radius 3 is 2.47 bits per heavy atom. The number of aliphatic hydroxyl groups is 1. The molecule has 2 N–H and O–H groups in total. The third-order valence-electron chi connectivity index (χ3n) is 3.22. The quantitative estimate of drug-likeness (QED) is 0.862. The molecule has 106 valence electrons. The maximum Gasteiger partial charge on any atom is 0.240 e. The van der Waals surface area contributed by atoms with Crippen molar-refractivity contribution in [3.8, 4) is 0 Å². The maximum atomic E-state index is 12.2. The summed E-state index contributed by atoms with van der Waals surface area (Å²) in [6.45, 7) is 0. The molecule has 1 fully saturated rings. The maximum absolute atomic E-state index is 12.2. The summed E-state index contributed by atoms with van der Waals surface area (Å²) in [5, 5.41) is 9.88. The van der Waals surface area contributed by atoms with Crippen LogP contribution in [0, 0.1) is 0 Å². The van der Waals surface area contributed by atoms with Crippen LogP contribution < -0.4 is 4.72 Å². The molecule has 0 bridgehead atoms. The van der Waals surface area contributed by atoms with Gasteiger partial charge in [0.15, 0.2) is 0 Å². The smallest absolute Gasteiger partial charge is 0.240 e. The number of nitrogens with one attached hydrogen (secondary N) is 1. The highest BCUT2D eigenvalue weighted by Gasteiger charge is 2.25. The van der Waals surface area contributed by atoms with Crippen LogP contribution in [0.5, 0.6) is 0 Å². The Bertz CT molecular complexity index is 556. The Kier molecular flexibility index (Phi) is 4.89. The van der Waals surface area contributed by atoms with E-state index < -0.39 is 10.0 Å². The highest BCUT2D eigenvalue weighted by Crippen LogP contribution is 2.26. The fraction of sp³-hybridized carbons (Fsp3) is 0.500. The Hall–Kier alpha value is -0.140. The van der Waals surface area contributed by atoms with Gasteiger partial charge in [0.25, 0.3) is 0 Å². The van der Waals surface area contributed by atoms with Crippen molar-refractivity contribution in [2.45, 2.75) is 42.7 Å². The Morgan fingerprint density at radius 2 is 1.89 bits per heavy atom. The van der Waals surface area contributed by atoms with Crippen molar-refractivity contribution in [2.24, 2.45) is 0 Å². The molecule has 0 spiro atoms. The number of hydrogen-bond donors (Lipinski definition) is 2. The van der Waals surface area contributed by atoms with Gasteiger partial charge in [-0.3, -0.25) is 0 Å². The summed E-state index contributed by atoms with van der Waals surface area (Å²) in [4.78, 5) is 0.190. The lowest BCUT2D eigenvalue weighted by Gasteiger charge is -2.26. The van der Waals surface area contributed by atoms with E-state index in [4.69, 9.17) is 11.6 Å². The van der Waals surface area contributed by atoms with E-state index >= 15 is 0 Å². The van der Waals surface area contributed by atoms with Crippen molar-refractivity contribution in [3.05, 3.63) is 27.7 Å². The topological polar surface area (TPSA) is 66.4 Å². The monoisotopic (exact) mass is 367 g/mol. The zero-order valence-electron chi connectivity index (χ0n) is 10.1. The molecule has 0 atom stereocenters.